The first-order valence-electron chi connectivity index (χ1n) is 5.94. The highest BCUT2D eigenvalue weighted by Crippen LogP contribution is 2.23. The molecule has 0 saturated heterocycles. The fraction of sp³-hybridized carbons (Fsp3) is 0.500. The van der Waals surface area contributed by atoms with Crippen LogP contribution in [0.4, 0.5) is 0 Å². The van der Waals surface area contributed by atoms with E-state index in [9.17, 15) is 4.79 Å². The minimum atomic E-state index is -0.693. The molecule has 1 aromatic rings. The lowest BCUT2D eigenvalue weighted by molar-refractivity contribution is -0.136. The summed E-state index contributed by atoms with van der Waals surface area (Å²) in [7, 11) is 0. The third-order valence-electron chi connectivity index (χ3n) is 2.56. The Labute approximate surface area is 107 Å². The van der Waals surface area contributed by atoms with Gasteiger partial charge in [0.25, 0.3) is 0 Å². The molecule has 2 nitrogen and oxygen atoms in total. The molecule has 17 heavy (non-hydrogen) atoms. The molecule has 0 fully saturated rings. The Kier molecular flexibility index (Phi) is 5.56. The molecule has 1 rings (SSSR count). The highest BCUT2D eigenvalue weighted by Gasteiger charge is 2.16. The van der Waals surface area contributed by atoms with Crippen molar-refractivity contribution in [2.45, 2.75) is 44.6 Å². The van der Waals surface area contributed by atoms with Gasteiger partial charge in [0.05, 0.1) is 0 Å². The average Bonchev–Trinajstić information content (AvgIpc) is 2.22. The molecule has 94 valence electrons. The fourth-order valence-electron chi connectivity index (χ4n) is 1.89. The molecule has 0 amide bonds. The van der Waals surface area contributed by atoms with E-state index >= 15 is 0 Å². The molecule has 0 aromatic heterocycles. The van der Waals surface area contributed by atoms with Gasteiger partial charge in [-0.05, 0) is 25.8 Å². The van der Waals surface area contributed by atoms with Gasteiger partial charge in [-0.2, -0.15) is 0 Å². The van der Waals surface area contributed by atoms with Gasteiger partial charge < -0.3 is 5.11 Å². The first kappa shape index (κ1) is 14.1. The maximum atomic E-state index is 11.0. The van der Waals surface area contributed by atoms with Gasteiger partial charge in [-0.25, -0.2) is 0 Å². The van der Waals surface area contributed by atoms with Gasteiger partial charge in [0, 0.05) is 5.75 Å². The number of hydrogen-bond donors (Lipinski definition) is 1. The van der Waals surface area contributed by atoms with Crippen LogP contribution in [-0.2, 0) is 10.5 Å². The van der Waals surface area contributed by atoms with Crippen LogP contribution < -0.4 is 0 Å². The quantitative estimate of drug-likeness (QED) is 0.837. The summed E-state index contributed by atoms with van der Waals surface area (Å²) in [6, 6.07) is 6.39. The van der Waals surface area contributed by atoms with Gasteiger partial charge in [-0.1, -0.05) is 42.7 Å². The molecule has 0 aliphatic carbocycles. The van der Waals surface area contributed by atoms with Crippen LogP contribution in [0, 0.1) is 13.8 Å². The van der Waals surface area contributed by atoms with E-state index in [2.05, 4.69) is 32.0 Å². The molecule has 0 spiro atoms. The lowest BCUT2D eigenvalue weighted by atomic mass is 10.1. The number of thioether (sulfide) groups is 1. The van der Waals surface area contributed by atoms with E-state index in [-0.39, 0.29) is 5.25 Å². The largest absolute Gasteiger partial charge is 0.480 e. The van der Waals surface area contributed by atoms with Crippen LogP contribution in [0.3, 0.4) is 0 Å². The van der Waals surface area contributed by atoms with E-state index < -0.39 is 5.97 Å². The maximum Gasteiger partial charge on any atom is 0.316 e. The lowest BCUT2D eigenvalue weighted by Crippen LogP contribution is -2.16. The lowest BCUT2D eigenvalue weighted by Gasteiger charge is -2.11. The van der Waals surface area contributed by atoms with Crippen molar-refractivity contribution >= 4 is 17.7 Å². The van der Waals surface area contributed by atoms with Gasteiger partial charge in [-0.15, -0.1) is 11.8 Å². The molecule has 0 aliphatic heterocycles. The molecular weight excluding hydrogens is 232 g/mol. The van der Waals surface area contributed by atoms with E-state index in [1.807, 2.05) is 6.92 Å². The second-order valence-corrected chi connectivity index (χ2v) is 5.61. The predicted molar refractivity (Wildman–Crippen MR) is 73.5 cm³/mol. The Hall–Kier alpha value is -0.960. The van der Waals surface area contributed by atoms with Crippen molar-refractivity contribution in [1.29, 1.82) is 0 Å². The van der Waals surface area contributed by atoms with E-state index in [0.717, 1.165) is 18.6 Å². The molecule has 0 heterocycles. The first-order chi connectivity index (χ1) is 8.02. The van der Waals surface area contributed by atoms with Crippen molar-refractivity contribution in [3.63, 3.8) is 0 Å². The first-order valence-corrected chi connectivity index (χ1v) is 6.99. The second-order valence-electron chi connectivity index (χ2n) is 4.42. The van der Waals surface area contributed by atoms with Crippen molar-refractivity contribution < 1.29 is 9.90 Å². The number of hydrogen-bond acceptors (Lipinski definition) is 2. The fourth-order valence-corrected chi connectivity index (χ4v) is 2.99. The van der Waals surface area contributed by atoms with Crippen molar-refractivity contribution in [1.82, 2.24) is 0 Å². The van der Waals surface area contributed by atoms with Crippen LogP contribution in [0.15, 0.2) is 18.2 Å². The molecular formula is C14H20O2S. The summed E-state index contributed by atoms with van der Waals surface area (Å²) in [6.45, 7) is 6.16. The van der Waals surface area contributed by atoms with E-state index in [1.165, 1.54) is 28.5 Å². The topological polar surface area (TPSA) is 37.3 Å². The average molecular weight is 252 g/mol. The Bertz CT molecular complexity index is 368. The highest BCUT2D eigenvalue weighted by atomic mass is 32.2. The van der Waals surface area contributed by atoms with Crippen molar-refractivity contribution in [2.24, 2.45) is 0 Å². The number of carboxylic acid groups (broad SMARTS) is 1. The van der Waals surface area contributed by atoms with Crippen LogP contribution in [0.1, 0.15) is 36.5 Å². The molecule has 0 radical (unpaired) electrons. The molecule has 3 heteroatoms. The third kappa shape index (κ3) is 4.82. The standard InChI is InChI=1S/C14H20O2S/c1-4-5-13(14(15)16)17-9-12-7-10(2)6-11(3)8-12/h6-8,13H,4-5,9H2,1-3H3,(H,15,16). The Balaban J connectivity index is 2.61. The van der Waals surface area contributed by atoms with Crippen LogP contribution in [0.25, 0.3) is 0 Å². The molecule has 1 aromatic carbocycles. The van der Waals surface area contributed by atoms with Gasteiger partial charge in [0.2, 0.25) is 0 Å². The van der Waals surface area contributed by atoms with E-state index in [0.29, 0.717) is 0 Å². The van der Waals surface area contributed by atoms with Crippen LogP contribution in [0.2, 0.25) is 0 Å². The molecule has 1 unspecified atom stereocenters. The Morgan fingerprint density at radius 2 is 1.88 bits per heavy atom. The van der Waals surface area contributed by atoms with Crippen LogP contribution in [-0.4, -0.2) is 16.3 Å². The van der Waals surface area contributed by atoms with E-state index in [1.54, 1.807) is 0 Å². The number of rotatable bonds is 6. The number of carboxylic acids is 1. The molecule has 1 atom stereocenters. The number of aryl methyl sites for hydroxylation is 2. The zero-order valence-electron chi connectivity index (χ0n) is 10.7. The summed E-state index contributed by atoms with van der Waals surface area (Å²) in [4.78, 5) is 11.0. The number of benzene rings is 1. The molecule has 0 aliphatic rings. The van der Waals surface area contributed by atoms with Gasteiger partial charge in [-0.3, -0.25) is 4.79 Å². The van der Waals surface area contributed by atoms with E-state index in [4.69, 9.17) is 5.11 Å². The summed E-state index contributed by atoms with van der Waals surface area (Å²) in [5.41, 5.74) is 3.70. The second kappa shape index (κ2) is 6.70. The summed E-state index contributed by atoms with van der Waals surface area (Å²) in [5.74, 6) is 0.0840. The van der Waals surface area contributed by atoms with Gasteiger partial charge in [0.1, 0.15) is 5.25 Å². The maximum absolute atomic E-state index is 11.0. The molecule has 1 N–H and O–H groups in total. The SMILES string of the molecule is CCCC(SCc1cc(C)cc(C)c1)C(=O)O. The smallest absolute Gasteiger partial charge is 0.316 e. The zero-order valence-corrected chi connectivity index (χ0v) is 11.5. The van der Waals surface area contributed by atoms with Gasteiger partial charge >= 0.3 is 5.97 Å². The summed E-state index contributed by atoms with van der Waals surface area (Å²) >= 11 is 1.53. The number of aliphatic carboxylic acids is 1. The summed E-state index contributed by atoms with van der Waals surface area (Å²) in [5, 5.41) is 8.79. The highest BCUT2D eigenvalue weighted by molar-refractivity contribution is 7.99. The Morgan fingerprint density at radius 3 is 2.35 bits per heavy atom. The summed E-state index contributed by atoms with van der Waals surface area (Å²) in [6.07, 6.45) is 1.65. The van der Waals surface area contributed by atoms with Crippen molar-refractivity contribution in [2.75, 3.05) is 0 Å². The predicted octanol–water partition coefficient (Wildman–Crippen LogP) is 3.79. The van der Waals surface area contributed by atoms with Crippen molar-refractivity contribution in [3.8, 4) is 0 Å². The van der Waals surface area contributed by atoms with Crippen LogP contribution >= 0.6 is 11.8 Å². The minimum absolute atomic E-state index is 0.277. The normalized spacial score (nSPS) is 12.4. The zero-order chi connectivity index (χ0) is 12.8. The molecule has 0 saturated carbocycles. The summed E-state index contributed by atoms with van der Waals surface area (Å²) < 4.78 is 0. The minimum Gasteiger partial charge on any atom is -0.480 e. The number of carbonyl (C=O) groups is 1. The third-order valence-corrected chi connectivity index (χ3v) is 3.90. The molecule has 0 bridgehead atoms. The monoisotopic (exact) mass is 252 g/mol. The van der Waals surface area contributed by atoms with Crippen LogP contribution in [0.5, 0.6) is 0 Å². The van der Waals surface area contributed by atoms with Gasteiger partial charge in [0.15, 0.2) is 0 Å². The van der Waals surface area contributed by atoms with Crippen molar-refractivity contribution in [3.05, 3.63) is 34.9 Å². The Morgan fingerprint density at radius 1 is 1.29 bits per heavy atom.